The van der Waals surface area contributed by atoms with Gasteiger partial charge < -0.3 is 15.2 Å². The Morgan fingerprint density at radius 3 is 3.13 bits per heavy atom. The molecule has 2 atom stereocenters. The number of nitrogens with one attached hydrogen (secondary N) is 1. The normalized spacial score (nSPS) is 17.7. The number of rotatable bonds is 4. The number of pyridine rings is 1. The van der Waals surface area contributed by atoms with E-state index in [1.807, 2.05) is 19.1 Å². The van der Waals surface area contributed by atoms with E-state index in [0.717, 1.165) is 17.7 Å². The highest BCUT2D eigenvalue weighted by molar-refractivity contribution is 5.81. The Balaban J connectivity index is 1.56. The van der Waals surface area contributed by atoms with Crippen molar-refractivity contribution in [3.63, 3.8) is 0 Å². The molecule has 23 heavy (non-hydrogen) atoms. The standard InChI is InChI=1S/C18H20N2O3/c1-12-4-6-16-13(9-12)5-7-17(23-16)18(22)20-11-15(21)14-3-2-8-19-10-14/h2-4,6,8-10,15,17,21H,5,7,11H2,1H3,(H,20,22). The molecule has 1 aliphatic heterocycles. The zero-order valence-corrected chi connectivity index (χ0v) is 13.0. The molecule has 2 N–H and O–H groups in total. The number of hydrogen-bond donors (Lipinski definition) is 2. The van der Waals surface area contributed by atoms with Crippen LogP contribution in [0.5, 0.6) is 5.75 Å². The lowest BCUT2D eigenvalue weighted by molar-refractivity contribution is -0.129. The lowest BCUT2D eigenvalue weighted by Crippen LogP contribution is -2.41. The zero-order chi connectivity index (χ0) is 16.2. The zero-order valence-electron chi connectivity index (χ0n) is 13.0. The number of benzene rings is 1. The smallest absolute Gasteiger partial charge is 0.261 e. The van der Waals surface area contributed by atoms with Crippen LogP contribution in [-0.4, -0.2) is 28.6 Å². The molecular formula is C18H20N2O3. The first kappa shape index (κ1) is 15.5. The van der Waals surface area contributed by atoms with Crippen LogP contribution < -0.4 is 10.1 Å². The van der Waals surface area contributed by atoms with Crippen molar-refractivity contribution >= 4 is 5.91 Å². The number of carbonyl (C=O) groups is 1. The first-order valence-corrected chi connectivity index (χ1v) is 7.75. The van der Waals surface area contributed by atoms with Gasteiger partial charge in [-0.15, -0.1) is 0 Å². The summed E-state index contributed by atoms with van der Waals surface area (Å²) in [5.41, 5.74) is 3.01. The van der Waals surface area contributed by atoms with Gasteiger partial charge in [0.05, 0.1) is 6.10 Å². The van der Waals surface area contributed by atoms with Crippen molar-refractivity contribution in [2.24, 2.45) is 0 Å². The van der Waals surface area contributed by atoms with Crippen molar-refractivity contribution in [2.75, 3.05) is 6.54 Å². The number of aromatic nitrogens is 1. The molecule has 5 heteroatoms. The summed E-state index contributed by atoms with van der Waals surface area (Å²) in [5.74, 6) is 0.578. The molecule has 120 valence electrons. The van der Waals surface area contributed by atoms with Crippen LogP contribution in [0, 0.1) is 6.92 Å². The van der Waals surface area contributed by atoms with Gasteiger partial charge in [-0.1, -0.05) is 23.8 Å². The van der Waals surface area contributed by atoms with Crippen molar-refractivity contribution in [2.45, 2.75) is 32.0 Å². The molecular weight excluding hydrogens is 292 g/mol. The molecule has 5 nitrogen and oxygen atoms in total. The molecule has 1 amide bonds. The van der Waals surface area contributed by atoms with Crippen molar-refractivity contribution in [1.82, 2.24) is 10.3 Å². The quantitative estimate of drug-likeness (QED) is 0.905. The van der Waals surface area contributed by atoms with Crippen molar-refractivity contribution in [1.29, 1.82) is 0 Å². The Labute approximate surface area is 135 Å². The number of ether oxygens (including phenoxy) is 1. The van der Waals surface area contributed by atoms with E-state index in [4.69, 9.17) is 4.74 Å². The average molecular weight is 312 g/mol. The molecule has 0 radical (unpaired) electrons. The SMILES string of the molecule is Cc1ccc2c(c1)CCC(C(=O)NCC(O)c1cccnc1)O2. The van der Waals surface area contributed by atoms with E-state index in [9.17, 15) is 9.90 Å². The minimum absolute atomic E-state index is 0.144. The summed E-state index contributed by atoms with van der Waals surface area (Å²) in [7, 11) is 0. The lowest BCUT2D eigenvalue weighted by atomic mass is 10.00. The number of aliphatic hydroxyl groups excluding tert-OH is 1. The molecule has 2 heterocycles. The molecule has 1 aromatic heterocycles. The fourth-order valence-electron chi connectivity index (χ4n) is 2.70. The van der Waals surface area contributed by atoms with Crippen molar-refractivity contribution in [3.05, 3.63) is 59.4 Å². The maximum atomic E-state index is 12.2. The summed E-state index contributed by atoms with van der Waals surface area (Å²) in [5, 5.41) is 12.8. The summed E-state index contributed by atoms with van der Waals surface area (Å²) in [6.07, 6.45) is 3.42. The van der Waals surface area contributed by atoms with Crippen molar-refractivity contribution in [3.8, 4) is 5.75 Å². The highest BCUT2D eigenvalue weighted by atomic mass is 16.5. The Morgan fingerprint density at radius 2 is 2.35 bits per heavy atom. The van der Waals surface area contributed by atoms with E-state index in [0.29, 0.717) is 12.0 Å². The first-order valence-electron chi connectivity index (χ1n) is 7.75. The van der Waals surface area contributed by atoms with E-state index in [-0.39, 0.29) is 12.5 Å². The molecule has 0 fully saturated rings. The Morgan fingerprint density at radius 1 is 1.48 bits per heavy atom. The first-order chi connectivity index (χ1) is 11.1. The molecule has 0 saturated heterocycles. The topological polar surface area (TPSA) is 71.5 Å². The summed E-state index contributed by atoms with van der Waals surface area (Å²) < 4.78 is 5.78. The van der Waals surface area contributed by atoms with Gasteiger partial charge in [0.25, 0.3) is 5.91 Å². The van der Waals surface area contributed by atoms with E-state index >= 15 is 0 Å². The second kappa shape index (κ2) is 6.79. The van der Waals surface area contributed by atoms with Crippen LogP contribution in [0.25, 0.3) is 0 Å². The third kappa shape index (κ3) is 3.68. The van der Waals surface area contributed by atoms with Crippen LogP contribution in [0.4, 0.5) is 0 Å². The van der Waals surface area contributed by atoms with Gasteiger partial charge in [-0.2, -0.15) is 0 Å². The maximum absolute atomic E-state index is 12.2. The highest BCUT2D eigenvalue weighted by Gasteiger charge is 2.26. The van der Waals surface area contributed by atoms with Crippen LogP contribution in [0.3, 0.4) is 0 Å². The van der Waals surface area contributed by atoms with Gasteiger partial charge in [0.1, 0.15) is 5.75 Å². The third-order valence-corrected chi connectivity index (χ3v) is 3.99. The number of amides is 1. The van der Waals surface area contributed by atoms with E-state index in [1.165, 1.54) is 5.56 Å². The summed E-state index contributed by atoms with van der Waals surface area (Å²) in [6.45, 7) is 2.18. The molecule has 2 aromatic rings. The molecule has 0 saturated carbocycles. The summed E-state index contributed by atoms with van der Waals surface area (Å²) in [4.78, 5) is 16.2. The van der Waals surface area contributed by atoms with E-state index in [2.05, 4.69) is 16.4 Å². The third-order valence-electron chi connectivity index (χ3n) is 3.99. The van der Waals surface area contributed by atoms with Gasteiger partial charge in [-0.25, -0.2) is 0 Å². The second-order valence-electron chi connectivity index (χ2n) is 5.80. The number of nitrogens with zero attached hydrogens (tertiary/aromatic N) is 1. The summed E-state index contributed by atoms with van der Waals surface area (Å²) in [6, 6.07) is 9.51. The predicted molar refractivity (Wildman–Crippen MR) is 86.1 cm³/mol. The fourth-order valence-corrected chi connectivity index (χ4v) is 2.70. The van der Waals surface area contributed by atoms with Gasteiger partial charge in [0.2, 0.25) is 0 Å². The van der Waals surface area contributed by atoms with Gasteiger partial charge in [-0.05, 0) is 37.5 Å². The van der Waals surface area contributed by atoms with Crippen LogP contribution in [-0.2, 0) is 11.2 Å². The van der Waals surface area contributed by atoms with Crippen LogP contribution >= 0.6 is 0 Å². The second-order valence-corrected chi connectivity index (χ2v) is 5.80. The molecule has 1 aliphatic rings. The number of fused-ring (bicyclic) bond motifs is 1. The molecule has 0 spiro atoms. The maximum Gasteiger partial charge on any atom is 0.261 e. The molecule has 2 unspecified atom stereocenters. The largest absolute Gasteiger partial charge is 0.480 e. The highest BCUT2D eigenvalue weighted by Crippen LogP contribution is 2.28. The number of carbonyl (C=O) groups excluding carboxylic acids is 1. The van der Waals surface area contributed by atoms with Gasteiger partial charge in [0.15, 0.2) is 6.10 Å². The molecule has 1 aromatic carbocycles. The fraction of sp³-hybridized carbons (Fsp3) is 0.333. The Hall–Kier alpha value is -2.40. The van der Waals surface area contributed by atoms with Crippen LogP contribution in [0.15, 0.2) is 42.7 Å². The van der Waals surface area contributed by atoms with Gasteiger partial charge in [0, 0.05) is 24.5 Å². The average Bonchev–Trinajstić information content (AvgIpc) is 2.59. The van der Waals surface area contributed by atoms with Crippen molar-refractivity contribution < 1.29 is 14.6 Å². The van der Waals surface area contributed by atoms with Gasteiger partial charge >= 0.3 is 0 Å². The Kier molecular flexibility index (Phi) is 4.57. The Bertz CT molecular complexity index is 688. The number of aliphatic hydroxyl groups is 1. The van der Waals surface area contributed by atoms with Gasteiger partial charge in [-0.3, -0.25) is 9.78 Å². The van der Waals surface area contributed by atoms with Crippen LogP contribution in [0.2, 0.25) is 0 Å². The molecule has 0 aliphatic carbocycles. The number of hydrogen-bond acceptors (Lipinski definition) is 4. The summed E-state index contributed by atoms with van der Waals surface area (Å²) >= 11 is 0. The lowest BCUT2D eigenvalue weighted by Gasteiger charge is -2.26. The molecule has 3 rings (SSSR count). The van der Waals surface area contributed by atoms with Crippen LogP contribution in [0.1, 0.15) is 29.2 Å². The minimum Gasteiger partial charge on any atom is -0.480 e. The predicted octanol–water partition coefficient (Wildman–Crippen LogP) is 1.93. The van der Waals surface area contributed by atoms with E-state index in [1.54, 1.807) is 24.5 Å². The molecule has 0 bridgehead atoms. The van der Waals surface area contributed by atoms with E-state index < -0.39 is 12.2 Å². The number of aryl methyl sites for hydroxylation is 2. The minimum atomic E-state index is -0.772. The monoisotopic (exact) mass is 312 g/mol.